The van der Waals surface area contributed by atoms with E-state index >= 15 is 0 Å². The van der Waals surface area contributed by atoms with Crippen LogP contribution in [0.2, 0.25) is 0 Å². The summed E-state index contributed by atoms with van der Waals surface area (Å²) in [4.78, 5) is 14.9. The number of fused-ring (bicyclic) bond motifs is 1. The van der Waals surface area contributed by atoms with E-state index in [0.717, 1.165) is 0 Å². The molecule has 0 amide bonds. The number of hydrogen-bond donors (Lipinski definition) is 2. The fourth-order valence-corrected chi connectivity index (χ4v) is 1.28. The molecule has 16 heavy (non-hydrogen) atoms. The highest BCUT2D eigenvalue weighted by atomic mass is 16.5. The number of aromatic nitrogens is 3. The third-order valence-corrected chi connectivity index (χ3v) is 2.31. The van der Waals surface area contributed by atoms with Crippen molar-refractivity contribution < 1.29 is 14.4 Å². The number of nitrogens with zero attached hydrogens (tertiary/aromatic N) is 2. The van der Waals surface area contributed by atoms with Gasteiger partial charge in [0.05, 0.1) is 12.1 Å². The van der Waals surface area contributed by atoms with Crippen molar-refractivity contribution in [3.8, 4) is 5.82 Å². The predicted octanol–water partition coefficient (Wildman–Crippen LogP) is 1.54. The molecule has 1 atom stereocenters. The lowest BCUT2D eigenvalue weighted by Gasteiger charge is -2.06. The van der Waals surface area contributed by atoms with E-state index < -0.39 is 11.9 Å². The zero-order valence-electron chi connectivity index (χ0n) is 8.62. The standard InChI is InChI=1S/C10H11N3O3/c1-7(10(14)15)8-4-11-5-9-12-16-3-2-13(9)6-8/h2-7,12H,1H3,(H,14,15). The lowest BCUT2D eigenvalue weighted by atomic mass is 10.1. The van der Waals surface area contributed by atoms with E-state index in [4.69, 9.17) is 9.63 Å². The van der Waals surface area contributed by atoms with Crippen molar-refractivity contribution in [1.82, 2.24) is 14.7 Å². The summed E-state index contributed by atoms with van der Waals surface area (Å²) in [5.74, 6) is -0.856. The second-order valence-electron chi connectivity index (χ2n) is 3.39. The van der Waals surface area contributed by atoms with Gasteiger partial charge in [-0.2, -0.15) is 0 Å². The fourth-order valence-electron chi connectivity index (χ4n) is 1.28. The van der Waals surface area contributed by atoms with Crippen molar-refractivity contribution in [2.75, 3.05) is 0 Å². The summed E-state index contributed by atoms with van der Waals surface area (Å²) >= 11 is 0. The molecule has 0 bridgehead atoms. The van der Waals surface area contributed by atoms with Crippen LogP contribution in [0, 0.1) is 0 Å². The van der Waals surface area contributed by atoms with Crippen LogP contribution < -0.4 is 0 Å². The SMILES string of the molecule is CC(C(=O)O)c1cncc2[nH]occn-2c1. The summed E-state index contributed by atoms with van der Waals surface area (Å²) in [6, 6.07) is 0. The van der Waals surface area contributed by atoms with Gasteiger partial charge in [0, 0.05) is 24.2 Å². The van der Waals surface area contributed by atoms with E-state index in [1.54, 1.807) is 30.1 Å². The molecule has 0 aromatic rings. The van der Waals surface area contributed by atoms with Crippen LogP contribution in [0.25, 0.3) is 5.82 Å². The highest BCUT2D eigenvalue weighted by Gasteiger charge is 2.14. The average molecular weight is 221 g/mol. The molecule has 0 saturated carbocycles. The minimum Gasteiger partial charge on any atom is -0.481 e. The van der Waals surface area contributed by atoms with Gasteiger partial charge in [-0.3, -0.25) is 9.78 Å². The molecule has 0 aromatic carbocycles. The predicted molar refractivity (Wildman–Crippen MR) is 55.0 cm³/mol. The Kier molecular flexibility index (Phi) is 2.63. The number of aliphatic carboxylic acids is 1. The lowest BCUT2D eigenvalue weighted by Crippen LogP contribution is -2.08. The second-order valence-corrected chi connectivity index (χ2v) is 3.39. The van der Waals surface area contributed by atoms with Gasteiger partial charge in [-0.1, -0.05) is 0 Å². The van der Waals surface area contributed by atoms with Crippen LogP contribution in [0.5, 0.6) is 0 Å². The fraction of sp³-hybridized carbons (Fsp3) is 0.200. The molecule has 1 unspecified atom stereocenters. The molecule has 0 spiro atoms. The van der Waals surface area contributed by atoms with Crippen molar-refractivity contribution in [3.05, 3.63) is 36.6 Å². The van der Waals surface area contributed by atoms with Crippen molar-refractivity contribution in [3.63, 3.8) is 0 Å². The number of carboxylic acids is 1. The number of carboxylic acid groups (broad SMARTS) is 1. The maximum Gasteiger partial charge on any atom is 0.310 e. The van der Waals surface area contributed by atoms with Gasteiger partial charge in [-0.15, -0.1) is 0 Å². The Labute approximate surface area is 91.2 Å². The summed E-state index contributed by atoms with van der Waals surface area (Å²) < 4.78 is 6.59. The van der Waals surface area contributed by atoms with Crippen LogP contribution >= 0.6 is 0 Å². The Hall–Kier alpha value is -2.24. The van der Waals surface area contributed by atoms with Crippen LogP contribution in [-0.2, 0) is 4.79 Å². The van der Waals surface area contributed by atoms with Crippen molar-refractivity contribution in [2.45, 2.75) is 12.8 Å². The van der Waals surface area contributed by atoms with E-state index in [-0.39, 0.29) is 0 Å². The van der Waals surface area contributed by atoms with Crippen LogP contribution in [0.4, 0.5) is 0 Å². The van der Waals surface area contributed by atoms with Gasteiger partial charge in [0.15, 0.2) is 5.82 Å². The molecule has 2 heterocycles. The quantitative estimate of drug-likeness (QED) is 0.805. The minimum absolute atomic E-state index is 0.604. The topological polar surface area (TPSA) is 84.0 Å². The molecule has 2 rings (SSSR count). The first-order chi connectivity index (χ1) is 7.68. The second kappa shape index (κ2) is 4.09. The van der Waals surface area contributed by atoms with Gasteiger partial charge in [-0.05, 0) is 6.92 Å². The van der Waals surface area contributed by atoms with Gasteiger partial charge < -0.3 is 14.2 Å². The zero-order chi connectivity index (χ0) is 11.5. The largest absolute Gasteiger partial charge is 0.481 e. The van der Waals surface area contributed by atoms with E-state index in [2.05, 4.69) is 10.1 Å². The third kappa shape index (κ3) is 1.90. The van der Waals surface area contributed by atoms with Crippen LogP contribution in [0.15, 0.2) is 35.6 Å². The summed E-state index contributed by atoms with van der Waals surface area (Å²) in [6.07, 6.45) is 7.92. The summed E-state index contributed by atoms with van der Waals surface area (Å²) in [7, 11) is 0. The van der Waals surface area contributed by atoms with Crippen LogP contribution in [0.1, 0.15) is 18.4 Å². The number of carbonyl (C=O) groups is 1. The van der Waals surface area contributed by atoms with Gasteiger partial charge in [0.25, 0.3) is 0 Å². The molecular formula is C10H11N3O3. The van der Waals surface area contributed by atoms with Gasteiger partial charge >= 0.3 is 5.97 Å². The maximum atomic E-state index is 10.9. The highest BCUT2D eigenvalue weighted by molar-refractivity contribution is 5.75. The molecule has 0 fully saturated rings. The molecule has 2 N–H and O–H groups in total. The van der Waals surface area contributed by atoms with E-state index in [1.807, 2.05) is 0 Å². The molecule has 2 aliphatic heterocycles. The van der Waals surface area contributed by atoms with Gasteiger partial charge in [0.1, 0.15) is 6.26 Å². The highest BCUT2D eigenvalue weighted by Crippen LogP contribution is 2.14. The Bertz CT molecular complexity index is 509. The molecule has 6 nitrogen and oxygen atoms in total. The zero-order valence-corrected chi connectivity index (χ0v) is 8.62. The van der Waals surface area contributed by atoms with Gasteiger partial charge in [0.2, 0.25) is 0 Å². The Morgan fingerprint density at radius 2 is 2.44 bits per heavy atom. The molecule has 0 aliphatic carbocycles. The van der Waals surface area contributed by atoms with E-state index in [9.17, 15) is 4.79 Å². The van der Waals surface area contributed by atoms with E-state index in [1.165, 1.54) is 12.5 Å². The Morgan fingerprint density at radius 3 is 3.19 bits per heavy atom. The molecule has 6 heteroatoms. The molecular weight excluding hydrogens is 210 g/mol. The van der Waals surface area contributed by atoms with Crippen molar-refractivity contribution in [2.24, 2.45) is 0 Å². The monoisotopic (exact) mass is 221 g/mol. The maximum absolute atomic E-state index is 10.9. The molecule has 0 saturated heterocycles. The first-order valence-electron chi connectivity index (χ1n) is 4.73. The van der Waals surface area contributed by atoms with Gasteiger partial charge in [-0.25, -0.2) is 5.16 Å². The first kappa shape index (κ1) is 10.3. The minimum atomic E-state index is -0.883. The van der Waals surface area contributed by atoms with Crippen molar-refractivity contribution >= 4 is 5.97 Å². The molecule has 0 radical (unpaired) electrons. The summed E-state index contributed by atoms with van der Waals surface area (Å²) in [5, 5.41) is 11.6. The number of aromatic amines is 1. The average Bonchev–Trinajstić information content (AvgIpc) is 2.49. The molecule has 2 aliphatic rings. The smallest absolute Gasteiger partial charge is 0.310 e. The lowest BCUT2D eigenvalue weighted by molar-refractivity contribution is -0.138. The number of nitrogens with one attached hydrogen (secondary N) is 1. The first-order valence-corrected chi connectivity index (χ1v) is 4.73. The Morgan fingerprint density at radius 1 is 1.62 bits per heavy atom. The normalized spacial score (nSPS) is 12.3. The third-order valence-electron chi connectivity index (χ3n) is 2.31. The Balaban J connectivity index is 2.54. The summed E-state index contributed by atoms with van der Waals surface area (Å²) in [6.45, 7) is 1.61. The summed E-state index contributed by atoms with van der Waals surface area (Å²) in [5.41, 5.74) is 0.618. The van der Waals surface area contributed by atoms with Crippen LogP contribution in [-0.4, -0.2) is 25.8 Å². The number of hydrogen-bond acceptors (Lipinski definition) is 3. The van der Waals surface area contributed by atoms with E-state index in [0.29, 0.717) is 11.4 Å². The number of H-pyrrole nitrogens is 1. The van der Waals surface area contributed by atoms with Crippen LogP contribution in [0.3, 0.4) is 0 Å². The molecule has 0 aromatic heterocycles. The molecule has 84 valence electrons. The van der Waals surface area contributed by atoms with Crippen molar-refractivity contribution in [1.29, 1.82) is 0 Å². The number of rotatable bonds is 2.